The summed E-state index contributed by atoms with van der Waals surface area (Å²) >= 11 is 0. The molecule has 1 heterocycles. The summed E-state index contributed by atoms with van der Waals surface area (Å²) in [7, 11) is -4.16. The van der Waals surface area contributed by atoms with Crippen LogP contribution in [0.2, 0.25) is 0 Å². The van der Waals surface area contributed by atoms with Crippen LogP contribution in [-0.4, -0.2) is 34.1 Å². The standard InChI is InChI=1S/C14H16F3N2O3S/c1-22-13-6-4-12(5-7-13)19(23(20,21)14(15,16)17)8-2-3-11(9-18)10-19/h2-7,10H,8-9,18H2,1H3/q+1. The first-order chi connectivity index (χ1) is 10.7. The summed E-state index contributed by atoms with van der Waals surface area (Å²) in [5.74, 6) is 0.409. The van der Waals surface area contributed by atoms with E-state index in [1.165, 1.54) is 43.5 Å². The fraction of sp³-hybridized carbons (Fsp3) is 0.286. The Kier molecular flexibility index (Phi) is 4.56. The maximum Gasteiger partial charge on any atom is 0.550 e. The van der Waals surface area contributed by atoms with Crippen molar-refractivity contribution in [2.24, 2.45) is 5.73 Å². The SMILES string of the molecule is COc1ccc([N+]2(S(=O)(=O)C(F)(F)F)C=C(CN)C=CC2)cc1. The van der Waals surface area contributed by atoms with E-state index in [4.69, 9.17) is 10.5 Å². The van der Waals surface area contributed by atoms with E-state index in [-0.39, 0.29) is 18.8 Å². The molecule has 1 aromatic rings. The molecule has 1 aliphatic rings. The fourth-order valence-electron chi connectivity index (χ4n) is 2.35. The van der Waals surface area contributed by atoms with Gasteiger partial charge in [0.1, 0.15) is 18.5 Å². The number of sulfonamides is 1. The largest absolute Gasteiger partial charge is 0.550 e. The summed E-state index contributed by atoms with van der Waals surface area (Å²) in [6.45, 7) is -0.447. The number of nitrogens with zero attached hydrogens (tertiary/aromatic N) is 1. The third-order valence-corrected chi connectivity index (χ3v) is 5.46. The Morgan fingerprint density at radius 2 is 1.87 bits per heavy atom. The normalized spacial score (nSPS) is 21.9. The predicted octanol–water partition coefficient (Wildman–Crippen LogP) is 2.26. The molecule has 0 amide bonds. The molecule has 0 spiro atoms. The fourth-order valence-corrected chi connectivity index (χ4v) is 3.68. The van der Waals surface area contributed by atoms with Crippen molar-refractivity contribution in [2.45, 2.75) is 5.51 Å². The summed E-state index contributed by atoms with van der Waals surface area (Å²) in [6, 6.07) is 5.42. The van der Waals surface area contributed by atoms with Crippen molar-refractivity contribution in [2.75, 3.05) is 20.2 Å². The van der Waals surface area contributed by atoms with E-state index >= 15 is 0 Å². The average Bonchev–Trinajstić information content (AvgIpc) is 2.53. The minimum atomic E-state index is -5.56. The van der Waals surface area contributed by atoms with Crippen molar-refractivity contribution in [3.05, 3.63) is 48.2 Å². The van der Waals surface area contributed by atoms with Gasteiger partial charge >= 0.3 is 15.5 Å². The van der Waals surface area contributed by atoms with Gasteiger partial charge in [-0.25, -0.2) is 0 Å². The van der Waals surface area contributed by atoms with Crippen molar-refractivity contribution in [3.63, 3.8) is 0 Å². The van der Waals surface area contributed by atoms with Gasteiger partial charge in [-0.15, -0.1) is 3.89 Å². The van der Waals surface area contributed by atoms with Gasteiger partial charge in [-0.1, -0.05) is 6.08 Å². The Bertz CT molecular complexity index is 740. The quantitative estimate of drug-likeness (QED) is 0.847. The second kappa shape index (κ2) is 5.99. The van der Waals surface area contributed by atoms with Crippen LogP contribution in [0.3, 0.4) is 0 Å². The zero-order valence-corrected chi connectivity index (χ0v) is 13.1. The van der Waals surface area contributed by atoms with Crippen molar-refractivity contribution in [1.82, 2.24) is 3.89 Å². The van der Waals surface area contributed by atoms with Gasteiger partial charge in [-0.05, 0) is 18.2 Å². The molecule has 23 heavy (non-hydrogen) atoms. The third kappa shape index (κ3) is 2.87. The van der Waals surface area contributed by atoms with E-state index in [0.29, 0.717) is 11.3 Å². The minimum absolute atomic E-state index is 0.0431. The van der Waals surface area contributed by atoms with Crippen LogP contribution >= 0.6 is 0 Å². The molecule has 0 saturated heterocycles. The smallest absolute Gasteiger partial charge is 0.497 e. The second-order valence-electron chi connectivity index (χ2n) is 4.91. The molecular weight excluding hydrogens is 333 g/mol. The highest BCUT2D eigenvalue weighted by Crippen LogP contribution is 2.40. The van der Waals surface area contributed by atoms with E-state index in [1.54, 1.807) is 0 Å². The lowest BCUT2D eigenvalue weighted by molar-refractivity contribution is -0.0473. The molecule has 0 saturated carbocycles. The predicted molar refractivity (Wildman–Crippen MR) is 80.9 cm³/mol. The first-order valence-corrected chi connectivity index (χ1v) is 8.04. The highest BCUT2D eigenvalue weighted by molar-refractivity contribution is 7.91. The molecule has 0 aliphatic carbocycles. The van der Waals surface area contributed by atoms with Crippen molar-refractivity contribution < 1.29 is 26.3 Å². The lowest BCUT2D eigenvalue weighted by Crippen LogP contribution is -2.56. The number of benzene rings is 1. The Balaban J connectivity index is 2.71. The van der Waals surface area contributed by atoms with Crippen LogP contribution in [0.15, 0.2) is 48.2 Å². The third-order valence-electron chi connectivity index (χ3n) is 3.55. The molecule has 1 atom stereocenters. The van der Waals surface area contributed by atoms with Crippen LogP contribution in [0.4, 0.5) is 18.9 Å². The van der Waals surface area contributed by atoms with Crippen LogP contribution in [0.5, 0.6) is 5.75 Å². The zero-order chi connectivity index (χ0) is 17.3. The van der Waals surface area contributed by atoms with Gasteiger partial charge in [0.2, 0.25) is 0 Å². The molecule has 9 heteroatoms. The van der Waals surface area contributed by atoms with Crippen molar-refractivity contribution >= 4 is 15.7 Å². The van der Waals surface area contributed by atoms with Crippen LogP contribution in [-0.2, 0) is 10.0 Å². The average molecular weight is 349 g/mol. The first-order valence-electron chi connectivity index (χ1n) is 6.60. The van der Waals surface area contributed by atoms with E-state index in [1.807, 2.05) is 0 Å². The van der Waals surface area contributed by atoms with Gasteiger partial charge in [-0.3, -0.25) is 0 Å². The summed E-state index contributed by atoms with van der Waals surface area (Å²) in [4.78, 5) is 0. The van der Waals surface area contributed by atoms with Gasteiger partial charge in [0.25, 0.3) is 0 Å². The number of ether oxygens (including phenoxy) is 1. The van der Waals surface area contributed by atoms with Gasteiger partial charge in [0, 0.05) is 24.3 Å². The van der Waals surface area contributed by atoms with Gasteiger partial charge in [0.05, 0.1) is 7.11 Å². The Labute approximate surface area is 132 Å². The Hall–Kier alpha value is -1.84. The highest BCUT2D eigenvalue weighted by atomic mass is 32.2. The van der Waals surface area contributed by atoms with Crippen LogP contribution in [0, 0.1) is 0 Å². The molecule has 2 rings (SSSR count). The second-order valence-corrected chi connectivity index (χ2v) is 6.97. The molecule has 0 fully saturated rings. The maximum atomic E-state index is 13.2. The number of rotatable bonds is 4. The number of hydrogen-bond donors (Lipinski definition) is 1. The molecule has 2 N–H and O–H groups in total. The summed E-state index contributed by atoms with van der Waals surface area (Å²) in [5, 5.41) is 0. The van der Waals surface area contributed by atoms with Crippen LogP contribution in [0.1, 0.15) is 0 Å². The molecule has 0 aromatic heterocycles. The van der Waals surface area contributed by atoms with E-state index < -0.39 is 19.4 Å². The summed E-state index contributed by atoms with van der Waals surface area (Å²) in [5.41, 5.74) is 0.329. The molecule has 1 unspecified atom stereocenters. The van der Waals surface area contributed by atoms with Crippen LogP contribution in [0.25, 0.3) is 0 Å². The monoisotopic (exact) mass is 349 g/mol. The van der Waals surface area contributed by atoms with Crippen LogP contribution < -0.4 is 14.4 Å². The number of quaternary nitrogens is 1. The number of alkyl halides is 3. The molecule has 1 aliphatic heterocycles. The molecule has 5 nitrogen and oxygen atoms in total. The summed E-state index contributed by atoms with van der Waals surface area (Å²) < 4.78 is 67.7. The molecule has 0 radical (unpaired) electrons. The van der Waals surface area contributed by atoms with Crippen molar-refractivity contribution in [1.29, 1.82) is 0 Å². The first kappa shape index (κ1) is 17.5. The van der Waals surface area contributed by atoms with E-state index in [0.717, 1.165) is 6.20 Å². The van der Waals surface area contributed by atoms with Gasteiger partial charge in [0.15, 0.2) is 5.69 Å². The molecule has 1 aromatic carbocycles. The van der Waals surface area contributed by atoms with Crippen molar-refractivity contribution in [3.8, 4) is 5.75 Å². The summed E-state index contributed by atoms with van der Waals surface area (Å²) in [6.07, 6.45) is 3.92. The minimum Gasteiger partial charge on any atom is -0.497 e. The lowest BCUT2D eigenvalue weighted by Gasteiger charge is -2.34. The number of halogens is 3. The van der Waals surface area contributed by atoms with Gasteiger partial charge in [-0.2, -0.15) is 21.6 Å². The highest BCUT2D eigenvalue weighted by Gasteiger charge is 2.61. The number of hydrogen-bond acceptors (Lipinski definition) is 4. The Morgan fingerprint density at radius 1 is 1.26 bits per heavy atom. The molecule has 0 bridgehead atoms. The maximum absolute atomic E-state index is 13.2. The molecular formula is C14H16F3N2O3S+. The topological polar surface area (TPSA) is 69.4 Å². The zero-order valence-electron chi connectivity index (χ0n) is 12.2. The molecule has 126 valence electrons. The van der Waals surface area contributed by atoms with Gasteiger partial charge < -0.3 is 10.5 Å². The van der Waals surface area contributed by atoms with E-state index in [2.05, 4.69) is 0 Å². The van der Waals surface area contributed by atoms with E-state index in [9.17, 15) is 21.6 Å². The Morgan fingerprint density at radius 3 is 2.35 bits per heavy atom. The number of methoxy groups -OCH3 is 1. The lowest BCUT2D eigenvalue weighted by atomic mass is 10.2. The number of nitrogens with two attached hydrogens (primary N) is 1.